The summed E-state index contributed by atoms with van der Waals surface area (Å²) in [5.41, 5.74) is 4.18. The van der Waals surface area contributed by atoms with E-state index in [0.717, 1.165) is 40.2 Å². The zero-order valence-corrected chi connectivity index (χ0v) is 24.5. The van der Waals surface area contributed by atoms with Crippen molar-refractivity contribution in [1.82, 2.24) is 15.1 Å². The highest BCUT2D eigenvalue weighted by molar-refractivity contribution is 8.00. The molecule has 0 aliphatic carbocycles. The Labute approximate surface area is 244 Å². The van der Waals surface area contributed by atoms with E-state index in [1.807, 2.05) is 92.7 Å². The van der Waals surface area contributed by atoms with Gasteiger partial charge in [-0.2, -0.15) is 5.10 Å². The summed E-state index contributed by atoms with van der Waals surface area (Å²) in [7, 11) is 3.27. The Hall–Kier alpha value is -4.24. The van der Waals surface area contributed by atoms with Crippen molar-refractivity contribution in [2.24, 2.45) is 0 Å². The smallest absolute Gasteiger partial charge is 0.240 e. The van der Waals surface area contributed by atoms with Crippen LogP contribution in [0.25, 0.3) is 16.9 Å². The van der Waals surface area contributed by atoms with Gasteiger partial charge in [0.15, 0.2) is 0 Å². The second-order valence-corrected chi connectivity index (χ2v) is 10.9. The molecule has 0 saturated heterocycles. The highest BCUT2D eigenvalue weighted by Crippen LogP contribution is 2.50. The van der Waals surface area contributed by atoms with Gasteiger partial charge in [-0.15, -0.1) is 11.8 Å². The van der Waals surface area contributed by atoms with E-state index in [-0.39, 0.29) is 35.4 Å². The normalized spacial score (nSPS) is 15.6. The van der Waals surface area contributed by atoms with Gasteiger partial charge in [-0.3, -0.25) is 14.5 Å². The monoisotopic (exact) mass is 570 g/mol. The topological polar surface area (TPSA) is 85.7 Å². The number of methoxy groups -OCH3 is 2. The summed E-state index contributed by atoms with van der Waals surface area (Å²) < 4.78 is 12.9. The molecule has 3 aromatic carbocycles. The maximum Gasteiger partial charge on any atom is 0.240 e. The maximum absolute atomic E-state index is 13.9. The fourth-order valence-electron chi connectivity index (χ4n) is 4.93. The summed E-state index contributed by atoms with van der Waals surface area (Å²) in [6.07, 6.45) is 0.790. The Kier molecular flexibility index (Phi) is 8.64. The number of anilines is 1. The van der Waals surface area contributed by atoms with Crippen LogP contribution in [-0.2, 0) is 9.59 Å². The molecule has 2 amide bonds. The van der Waals surface area contributed by atoms with Crippen molar-refractivity contribution in [1.29, 1.82) is 0 Å². The summed E-state index contributed by atoms with van der Waals surface area (Å²) in [5.74, 6) is 1.80. The molecule has 1 aliphatic rings. The van der Waals surface area contributed by atoms with Gasteiger partial charge in [-0.1, -0.05) is 55.5 Å². The Balaban J connectivity index is 1.79. The van der Waals surface area contributed by atoms with Crippen LogP contribution in [0, 0.1) is 0 Å². The molecule has 0 spiro atoms. The SMILES string of the molecule is CCC(C)NC(=O)CN1C(=O)CSC(c2ccccc2OC)c2c(-c3ccccc3)nn(-c3ccc(OC)cc3)c21. The first-order valence-corrected chi connectivity index (χ1v) is 14.7. The summed E-state index contributed by atoms with van der Waals surface area (Å²) in [6.45, 7) is 3.85. The Morgan fingerprint density at radius 3 is 2.41 bits per heavy atom. The van der Waals surface area contributed by atoms with Gasteiger partial charge in [0.1, 0.15) is 23.9 Å². The predicted octanol–water partition coefficient (Wildman–Crippen LogP) is 5.64. The Bertz CT molecular complexity index is 1520. The van der Waals surface area contributed by atoms with Crippen LogP contribution in [0.15, 0.2) is 78.9 Å². The van der Waals surface area contributed by atoms with Crippen LogP contribution < -0.4 is 19.7 Å². The van der Waals surface area contributed by atoms with E-state index in [1.165, 1.54) is 11.8 Å². The standard InChI is InChI=1S/C32H34N4O4S/c1-5-21(2)33-27(37)19-35-28(38)20-41-31(25-13-9-10-14-26(25)40-4)29-30(22-11-7-6-8-12-22)34-36(32(29)35)23-15-17-24(39-3)18-16-23/h6-18,21,31H,5,19-20H2,1-4H3,(H,33,37). The molecule has 4 aromatic rings. The molecule has 2 atom stereocenters. The van der Waals surface area contributed by atoms with Crippen LogP contribution >= 0.6 is 11.8 Å². The molecule has 8 nitrogen and oxygen atoms in total. The molecule has 1 aromatic heterocycles. The van der Waals surface area contributed by atoms with E-state index < -0.39 is 0 Å². The number of aromatic nitrogens is 2. The first-order chi connectivity index (χ1) is 19.9. The van der Waals surface area contributed by atoms with E-state index in [2.05, 4.69) is 5.32 Å². The zero-order valence-electron chi connectivity index (χ0n) is 23.7. The fraction of sp³-hybridized carbons (Fsp3) is 0.281. The summed E-state index contributed by atoms with van der Waals surface area (Å²) in [5, 5.41) is 7.86. The number of thioether (sulfide) groups is 1. The summed E-state index contributed by atoms with van der Waals surface area (Å²) in [6, 6.07) is 25.3. The van der Waals surface area contributed by atoms with Crippen LogP contribution in [0.3, 0.4) is 0 Å². The maximum atomic E-state index is 13.9. The van der Waals surface area contributed by atoms with Crippen molar-refractivity contribution in [2.75, 3.05) is 31.4 Å². The number of para-hydroxylation sites is 1. The lowest BCUT2D eigenvalue weighted by Gasteiger charge is -2.24. The van der Waals surface area contributed by atoms with Crippen molar-refractivity contribution >= 4 is 29.4 Å². The molecule has 1 N–H and O–H groups in total. The van der Waals surface area contributed by atoms with Crippen molar-refractivity contribution in [2.45, 2.75) is 31.6 Å². The Morgan fingerprint density at radius 1 is 1.02 bits per heavy atom. The van der Waals surface area contributed by atoms with Crippen molar-refractivity contribution in [3.8, 4) is 28.4 Å². The van der Waals surface area contributed by atoms with E-state index in [1.54, 1.807) is 23.8 Å². The van der Waals surface area contributed by atoms with Crippen molar-refractivity contribution in [3.05, 3.63) is 90.0 Å². The highest BCUT2D eigenvalue weighted by Gasteiger charge is 2.38. The average molecular weight is 571 g/mol. The average Bonchev–Trinajstić information content (AvgIpc) is 3.34. The van der Waals surface area contributed by atoms with Crippen LogP contribution in [0.5, 0.6) is 11.5 Å². The second-order valence-electron chi connectivity index (χ2n) is 9.85. The molecular formula is C32H34N4O4S. The molecule has 1 aliphatic heterocycles. The van der Waals surface area contributed by atoms with Gasteiger partial charge in [0, 0.05) is 22.7 Å². The summed E-state index contributed by atoms with van der Waals surface area (Å²) in [4.78, 5) is 28.7. The number of hydrogen-bond donors (Lipinski definition) is 1. The number of hydrogen-bond acceptors (Lipinski definition) is 6. The van der Waals surface area contributed by atoms with Crippen LogP contribution in [0.2, 0.25) is 0 Å². The number of fused-ring (bicyclic) bond motifs is 1. The molecule has 2 unspecified atom stereocenters. The third-order valence-corrected chi connectivity index (χ3v) is 8.43. The van der Waals surface area contributed by atoms with Gasteiger partial charge in [-0.25, -0.2) is 4.68 Å². The predicted molar refractivity (Wildman–Crippen MR) is 163 cm³/mol. The molecule has 2 heterocycles. The van der Waals surface area contributed by atoms with Crippen LogP contribution in [-0.4, -0.2) is 54.2 Å². The fourth-order valence-corrected chi connectivity index (χ4v) is 6.15. The molecule has 0 radical (unpaired) electrons. The minimum absolute atomic E-state index is 0.00821. The molecule has 5 rings (SSSR count). The molecule has 212 valence electrons. The van der Waals surface area contributed by atoms with Crippen LogP contribution in [0.1, 0.15) is 36.6 Å². The lowest BCUT2D eigenvalue weighted by molar-refractivity contribution is -0.123. The van der Waals surface area contributed by atoms with Crippen LogP contribution in [0.4, 0.5) is 5.82 Å². The first-order valence-electron chi connectivity index (χ1n) is 13.6. The number of benzene rings is 3. The van der Waals surface area contributed by atoms with Gasteiger partial charge < -0.3 is 14.8 Å². The van der Waals surface area contributed by atoms with Gasteiger partial charge in [0.2, 0.25) is 11.8 Å². The number of carbonyl (C=O) groups is 2. The van der Waals surface area contributed by atoms with Gasteiger partial charge in [-0.05, 0) is 43.7 Å². The number of nitrogens with zero attached hydrogens (tertiary/aromatic N) is 3. The lowest BCUT2D eigenvalue weighted by atomic mass is 9.99. The minimum Gasteiger partial charge on any atom is -0.497 e. The van der Waals surface area contributed by atoms with E-state index in [9.17, 15) is 9.59 Å². The van der Waals surface area contributed by atoms with E-state index in [0.29, 0.717) is 11.6 Å². The first kappa shape index (κ1) is 28.3. The number of amides is 2. The molecule has 9 heteroatoms. The third-order valence-electron chi connectivity index (χ3n) is 7.20. The van der Waals surface area contributed by atoms with Gasteiger partial charge in [0.05, 0.1) is 36.6 Å². The molecule has 0 fully saturated rings. The number of nitrogens with one attached hydrogen (secondary N) is 1. The van der Waals surface area contributed by atoms with Crippen molar-refractivity contribution in [3.63, 3.8) is 0 Å². The van der Waals surface area contributed by atoms with E-state index >= 15 is 0 Å². The Morgan fingerprint density at radius 2 is 1.73 bits per heavy atom. The number of carbonyl (C=O) groups excluding carboxylic acids is 2. The van der Waals surface area contributed by atoms with Gasteiger partial charge >= 0.3 is 0 Å². The van der Waals surface area contributed by atoms with E-state index in [4.69, 9.17) is 14.6 Å². The lowest BCUT2D eigenvalue weighted by Crippen LogP contribution is -2.44. The largest absolute Gasteiger partial charge is 0.497 e. The quantitative estimate of drug-likeness (QED) is 0.280. The molecule has 0 saturated carbocycles. The zero-order chi connectivity index (χ0) is 28.9. The molecule has 41 heavy (non-hydrogen) atoms. The molecular weight excluding hydrogens is 536 g/mol. The summed E-state index contributed by atoms with van der Waals surface area (Å²) >= 11 is 1.51. The highest BCUT2D eigenvalue weighted by atomic mass is 32.2. The van der Waals surface area contributed by atoms with Crippen molar-refractivity contribution < 1.29 is 19.1 Å². The molecule has 0 bridgehead atoms. The number of ether oxygens (including phenoxy) is 2. The second kappa shape index (κ2) is 12.5. The minimum atomic E-state index is -0.282. The third kappa shape index (κ3) is 5.81. The number of rotatable bonds is 9. The van der Waals surface area contributed by atoms with Gasteiger partial charge in [0.25, 0.3) is 0 Å².